The summed E-state index contributed by atoms with van der Waals surface area (Å²) in [7, 11) is 0. The lowest BCUT2D eigenvalue weighted by Gasteiger charge is -2.18. The third-order valence-electron chi connectivity index (χ3n) is 8.66. The van der Waals surface area contributed by atoms with Gasteiger partial charge in [0.25, 0.3) is 0 Å². The smallest absolute Gasteiger partial charge is 0.306 e. The van der Waals surface area contributed by atoms with Crippen LogP contribution in [0.25, 0.3) is 0 Å². The first-order valence-corrected chi connectivity index (χ1v) is 22.0. The Kier molecular flexibility index (Phi) is 40.7. The lowest BCUT2D eigenvalue weighted by Crippen LogP contribution is -2.30. The van der Waals surface area contributed by atoms with Gasteiger partial charge in [-0.2, -0.15) is 0 Å². The summed E-state index contributed by atoms with van der Waals surface area (Å²) in [5, 5.41) is 0. The molecule has 0 bridgehead atoms. The van der Waals surface area contributed by atoms with E-state index in [0.29, 0.717) is 12.8 Å². The summed E-state index contributed by atoms with van der Waals surface area (Å²) in [6.07, 6.45) is 57.9. The fourth-order valence-electron chi connectivity index (χ4n) is 5.43. The van der Waals surface area contributed by atoms with Crippen molar-refractivity contribution in [2.75, 3.05) is 13.2 Å². The van der Waals surface area contributed by atoms with Crippen molar-refractivity contribution in [1.29, 1.82) is 0 Å². The van der Waals surface area contributed by atoms with E-state index in [9.17, 15) is 14.4 Å². The predicted octanol–water partition coefficient (Wildman–Crippen LogP) is 14.0. The second-order valence-electron chi connectivity index (χ2n) is 14.0. The van der Waals surface area contributed by atoms with Crippen molar-refractivity contribution < 1.29 is 28.6 Å². The number of ether oxygens (including phenoxy) is 3. The molecule has 6 nitrogen and oxygen atoms in total. The molecule has 0 aliphatic rings. The molecule has 1 atom stereocenters. The van der Waals surface area contributed by atoms with Gasteiger partial charge in [-0.25, -0.2) is 0 Å². The standard InChI is InChI=1S/C50H78O6/c1-4-7-10-13-16-19-22-25-28-31-34-37-40-43-49(52)55-46-47(45-54-48(51)42-39-36-33-30-27-24-21-18-15-12-9-6-3)56-50(53)44-41-38-35-32-29-26-23-20-17-14-11-8-5-2/h7-14,16-23,25,28,47H,4-6,15,24,26-27,29-46H2,1-3H3/b10-7-,11-8-,12-9-,16-13-,17-14-,21-18-,22-19-,23-20-,28-25-. The van der Waals surface area contributed by atoms with Crippen LogP contribution in [0.5, 0.6) is 0 Å². The summed E-state index contributed by atoms with van der Waals surface area (Å²) in [5.41, 5.74) is 0. The number of hydrogen-bond acceptors (Lipinski definition) is 6. The molecule has 0 saturated carbocycles. The van der Waals surface area contributed by atoms with Crippen LogP contribution in [0.1, 0.15) is 168 Å². The molecule has 6 heteroatoms. The van der Waals surface area contributed by atoms with Crippen molar-refractivity contribution in [2.24, 2.45) is 0 Å². The Hall–Kier alpha value is -3.93. The number of esters is 3. The highest BCUT2D eigenvalue weighted by Crippen LogP contribution is 2.12. The molecule has 0 aromatic rings. The first-order chi connectivity index (χ1) is 27.5. The largest absolute Gasteiger partial charge is 0.462 e. The lowest BCUT2D eigenvalue weighted by molar-refractivity contribution is -0.167. The second-order valence-corrected chi connectivity index (χ2v) is 14.0. The van der Waals surface area contributed by atoms with Gasteiger partial charge < -0.3 is 14.2 Å². The van der Waals surface area contributed by atoms with Crippen LogP contribution in [-0.2, 0) is 28.6 Å². The highest BCUT2D eigenvalue weighted by Gasteiger charge is 2.19. The van der Waals surface area contributed by atoms with Crippen LogP contribution < -0.4 is 0 Å². The zero-order chi connectivity index (χ0) is 40.8. The fourth-order valence-corrected chi connectivity index (χ4v) is 5.43. The first kappa shape index (κ1) is 52.1. The molecular formula is C50H78O6. The third-order valence-corrected chi connectivity index (χ3v) is 8.66. The third kappa shape index (κ3) is 41.2. The van der Waals surface area contributed by atoms with Crippen molar-refractivity contribution in [3.05, 3.63) is 109 Å². The minimum absolute atomic E-state index is 0.110. The van der Waals surface area contributed by atoms with Gasteiger partial charge in [-0.05, 0) is 83.5 Å². The molecular weight excluding hydrogens is 697 g/mol. The van der Waals surface area contributed by atoms with Crippen LogP contribution in [0.3, 0.4) is 0 Å². The number of unbranched alkanes of at least 4 members (excludes halogenated alkanes) is 13. The molecule has 0 aromatic heterocycles. The Morgan fingerprint density at radius 2 is 0.732 bits per heavy atom. The lowest BCUT2D eigenvalue weighted by atomic mass is 10.1. The van der Waals surface area contributed by atoms with Crippen LogP contribution in [0.2, 0.25) is 0 Å². The monoisotopic (exact) mass is 775 g/mol. The predicted molar refractivity (Wildman–Crippen MR) is 237 cm³/mol. The number of carbonyl (C=O) groups is 3. The van der Waals surface area contributed by atoms with Crippen molar-refractivity contribution >= 4 is 17.9 Å². The van der Waals surface area contributed by atoms with Gasteiger partial charge >= 0.3 is 17.9 Å². The number of rotatable bonds is 37. The topological polar surface area (TPSA) is 78.9 Å². The first-order valence-electron chi connectivity index (χ1n) is 22.0. The highest BCUT2D eigenvalue weighted by molar-refractivity contribution is 5.71. The minimum Gasteiger partial charge on any atom is -0.462 e. The van der Waals surface area contributed by atoms with Crippen LogP contribution >= 0.6 is 0 Å². The van der Waals surface area contributed by atoms with E-state index in [0.717, 1.165) is 128 Å². The maximum atomic E-state index is 12.7. The Bertz CT molecular complexity index is 1210. The molecule has 0 aliphatic heterocycles. The Morgan fingerprint density at radius 1 is 0.375 bits per heavy atom. The molecule has 0 heterocycles. The summed E-state index contributed by atoms with van der Waals surface area (Å²) in [6.45, 7) is 6.15. The summed E-state index contributed by atoms with van der Waals surface area (Å²) >= 11 is 0. The van der Waals surface area contributed by atoms with E-state index >= 15 is 0 Å². The van der Waals surface area contributed by atoms with Crippen molar-refractivity contribution in [3.8, 4) is 0 Å². The van der Waals surface area contributed by atoms with E-state index < -0.39 is 6.10 Å². The SMILES string of the molecule is CC\C=C/C=C\C=C/C=C\CCCCCC(=O)OCC(COC(=O)CCCCCCC/C=C\C/C=C\CC)OC(=O)CCCCCCC\C=C/C=C\C=C/CC. The molecule has 0 rings (SSSR count). The van der Waals surface area contributed by atoms with E-state index in [2.05, 4.69) is 87.6 Å². The molecule has 0 spiro atoms. The zero-order valence-corrected chi connectivity index (χ0v) is 35.6. The van der Waals surface area contributed by atoms with E-state index in [1.54, 1.807) is 0 Å². The van der Waals surface area contributed by atoms with E-state index in [1.165, 1.54) is 0 Å². The molecule has 0 aliphatic carbocycles. The summed E-state index contributed by atoms with van der Waals surface area (Å²) < 4.78 is 16.6. The van der Waals surface area contributed by atoms with Crippen LogP contribution in [0.15, 0.2) is 109 Å². The van der Waals surface area contributed by atoms with Crippen LogP contribution in [0, 0.1) is 0 Å². The van der Waals surface area contributed by atoms with Gasteiger partial charge in [0.2, 0.25) is 0 Å². The van der Waals surface area contributed by atoms with Gasteiger partial charge in [0.15, 0.2) is 6.10 Å². The van der Waals surface area contributed by atoms with Crippen LogP contribution in [-0.4, -0.2) is 37.2 Å². The van der Waals surface area contributed by atoms with E-state index in [-0.39, 0.29) is 37.5 Å². The molecule has 0 amide bonds. The summed E-state index contributed by atoms with van der Waals surface area (Å²) in [6, 6.07) is 0. The molecule has 56 heavy (non-hydrogen) atoms. The molecule has 0 N–H and O–H groups in total. The summed E-state index contributed by atoms with van der Waals surface area (Å²) in [5.74, 6) is -0.999. The Labute approximate surface area is 342 Å². The molecule has 0 fully saturated rings. The number of allylic oxidation sites excluding steroid dienone is 18. The van der Waals surface area contributed by atoms with Crippen molar-refractivity contribution in [2.45, 2.75) is 175 Å². The maximum Gasteiger partial charge on any atom is 0.306 e. The molecule has 0 saturated heterocycles. The quantitative estimate of drug-likeness (QED) is 0.0206. The maximum absolute atomic E-state index is 12.7. The molecule has 1 unspecified atom stereocenters. The van der Waals surface area contributed by atoms with Crippen molar-refractivity contribution in [3.63, 3.8) is 0 Å². The van der Waals surface area contributed by atoms with Gasteiger partial charge in [0.05, 0.1) is 0 Å². The van der Waals surface area contributed by atoms with Gasteiger partial charge in [-0.3, -0.25) is 14.4 Å². The Balaban J connectivity index is 4.54. The molecule has 0 aromatic carbocycles. The van der Waals surface area contributed by atoms with Gasteiger partial charge in [-0.1, -0.05) is 175 Å². The average molecular weight is 775 g/mol. The second kappa shape index (κ2) is 43.8. The Morgan fingerprint density at radius 3 is 1.21 bits per heavy atom. The van der Waals surface area contributed by atoms with Crippen LogP contribution in [0.4, 0.5) is 0 Å². The molecule has 0 radical (unpaired) electrons. The summed E-state index contributed by atoms with van der Waals surface area (Å²) in [4.78, 5) is 37.7. The zero-order valence-electron chi connectivity index (χ0n) is 35.6. The van der Waals surface area contributed by atoms with Gasteiger partial charge in [0.1, 0.15) is 13.2 Å². The number of carbonyl (C=O) groups excluding carboxylic acids is 3. The van der Waals surface area contributed by atoms with Gasteiger partial charge in [0, 0.05) is 19.3 Å². The molecule has 314 valence electrons. The highest BCUT2D eigenvalue weighted by atomic mass is 16.6. The van der Waals surface area contributed by atoms with E-state index in [4.69, 9.17) is 14.2 Å². The fraction of sp³-hybridized carbons (Fsp3) is 0.580. The minimum atomic E-state index is -0.810. The van der Waals surface area contributed by atoms with Gasteiger partial charge in [-0.15, -0.1) is 0 Å². The number of hydrogen-bond donors (Lipinski definition) is 0. The van der Waals surface area contributed by atoms with Crippen molar-refractivity contribution in [1.82, 2.24) is 0 Å². The normalized spacial score (nSPS) is 13.1. The van der Waals surface area contributed by atoms with E-state index in [1.807, 2.05) is 42.5 Å². The average Bonchev–Trinajstić information content (AvgIpc) is 3.19.